The third kappa shape index (κ3) is 1.81. The summed E-state index contributed by atoms with van der Waals surface area (Å²) in [5, 5.41) is 2.80. The molecule has 1 aliphatic heterocycles. The maximum absolute atomic E-state index is 11.6. The maximum Gasteiger partial charge on any atom is 0.317 e. The van der Waals surface area contributed by atoms with E-state index in [-0.39, 0.29) is 6.03 Å². The summed E-state index contributed by atoms with van der Waals surface area (Å²) in [7, 11) is 0. The molecule has 0 atom stereocenters. The van der Waals surface area contributed by atoms with Crippen molar-refractivity contribution in [2.24, 2.45) is 0 Å². The summed E-state index contributed by atoms with van der Waals surface area (Å²) >= 11 is 0. The first-order valence-corrected chi connectivity index (χ1v) is 6.25. The van der Waals surface area contributed by atoms with Crippen LogP contribution in [0.1, 0.15) is 18.7 Å². The van der Waals surface area contributed by atoms with Crippen molar-refractivity contribution in [2.75, 3.05) is 19.6 Å². The quantitative estimate of drug-likeness (QED) is 0.844. The standard InChI is InChI=1S/C13H16N4O/c1-2-14-13(18)17-7-9(8-17)12-15-10-5-3-4-6-11(10)16-12/h3-6,9H,2,7-8H2,1H3,(H,14,18)(H,15,16). The van der Waals surface area contributed by atoms with Gasteiger partial charge in [0.05, 0.1) is 17.0 Å². The molecular formula is C13H16N4O. The van der Waals surface area contributed by atoms with E-state index in [1.54, 1.807) is 4.90 Å². The fraction of sp³-hybridized carbons (Fsp3) is 0.385. The first kappa shape index (κ1) is 11.1. The summed E-state index contributed by atoms with van der Waals surface area (Å²) in [6.07, 6.45) is 0. The lowest BCUT2D eigenvalue weighted by molar-refractivity contribution is 0.149. The number of amides is 2. The number of urea groups is 1. The first-order valence-electron chi connectivity index (χ1n) is 6.25. The summed E-state index contributed by atoms with van der Waals surface area (Å²) in [5.74, 6) is 1.32. The molecule has 0 unspecified atom stereocenters. The molecule has 2 aromatic rings. The SMILES string of the molecule is CCNC(=O)N1CC(c2nc3ccccc3[nH]2)C1. The second-order valence-electron chi connectivity index (χ2n) is 4.58. The molecule has 0 aliphatic carbocycles. The van der Waals surface area contributed by atoms with E-state index in [1.165, 1.54) is 0 Å². The fourth-order valence-electron chi connectivity index (χ4n) is 2.25. The third-order valence-corrected chi connectivity index (χ3v) is 3.29. The van der Waals surface area contributed by atoms with Crippen LogP contribution in [-0.4, -0.2) is 40.5 Å². The number of carbonyl (C=O) groups excluding carboxylic acids is 1. The van der Waals surface area contributed by atoms with Crippen LogP contribution < -0.4 is 5.32 Å². The Labute approximate surface area is 105 Å². The zero-order valence-corrected chi connectivity index (χ0v) is 10.3. The average Bonchev–Trinajstić information content (AvgIpc) is 2.70. The number of benzene rings is 1. The lowest BCUT2D eigenvalue weighted by atomic mass is 10.0. The number of hydrogen-bond acceptors (Lipinski definition) is 2. The van der Waals surface area contributed by atoms with Crippen molar-refractivity contribution >= 4 is 17.1 Å². The zero-order chi connectivity index (χ0) is 12.5. The minimum atomic E-state index is 0.0184. The largest absolute Gasteiger partial charge is 0.342 e. The van der Waals surface area contributed by atoms with E-state index in [0.717, 1.165) is 29.9 Å². The second kappa shape index (κ2) is 4.33. The second-order valence-corrected chi connectivity index (χ2v) is 4.58. The van der Waals surface area contributed by atoms with Crippen molar-refractivity contribution in [3.8, 4) is 0 Å². The first-order chi connectivity index (χ1) is 8.78. The van der Waals surface area contributed by atoms with Crippen LogP contribution in [0.4, 0.5) is 4.79 Å². The van der Waals surface area contributed by atoms with Crippen LogP contribution in [0.25, 0.3) is 11.0 Å². The fourth-order valence-corrected chi connectivity index (χ4v) is 2.25. The van der Waals surface area contributed by atoms with E-state index in [0.29, 0.717) is 12.5 Å². The van der Waals surface area contributed by atoms with Crippen molar-refractivity contribution in [3.63, 3.8) is 0 Å². The molecule has 2 amide bonds. The number of H-pyrrole nitrogens is 1. The van der Waals surface area contributed by atoms with Gasteiger partial charge in [0.15, 0.2) is 0 Å². The number of rotatable bonds is 2. The van der Waals surface area contributed by atoms with Gasteiger partial charge in [0, 0.05) is 19.6 Å². The average molecular weight is 244 g/mol. The number of hydrogen-bond donors (Lipinski definition) is 2. The molecule has 18 heavy (non-hydrogen) atoms. The molecule has 5 heteroatoms. The number of carbonyl (C=O) groups is 1. The Morgan fingerprint density at radius 2 is 2.28 bits per heavy atom. The Balaban J connectivity index is 1.69. The number of para-hydroxylation sites is 2. The molecule has 3 rings (SSSR count). The number of imidazole rings is 1. The van der Waals surface area contributed by atoms with Crippen LogP contribution in [-0.2, 0) is 0 Å². The number of likely N-dealkylation sites (tertiary alicyclic amines) is 1. The van der Waals surface area contributed by atoms with Crippen molar-refractivity contribution < 1.29 is 4.79 Å². The molecule has 2 N–H and O–H groups in total. The summed E-state index contributed by atoms with van der Waals surface area (Å²) < 4.78 is 0. The number of fused-ring (bicyclic) bond motifs is 1. The van der Waals surface area contributed by atoms with E-state index in [1.807, 2.05) is 31.2 Å². The summed E-state index contributed by atoms with van der Waals surface area (Å²) in [5.41, 5.74) is 2.05. The molecule has 0 spiro atoms. The molecule has 0 saturated carbocycles. The van der Waals surface area contributed by atoms with Gasteiger partial charge < -0.3 is 15.2 Å². The van der Waals surface area contributed by atoms with Crippen molar-refractivity contribution in [1.29, 1.82) is 0 Å². The molecular weight excluding hydrogens is 228 g/mol. The van der Waals surface area contributed by atoms with E-state index < -0.39 is 0 Å². The molecule has 94 valence electrons. The Morgan fingerprint density at radius 1 is 1.50 bits per heavy atom. The molecule has 0 bridgehead atoms. The number of nitrogens with one attached hydrogen (secondary N) is 2. The van der Waals surface area contributed by atoms with Crippen LogP contribution in [0.15, 0.2) is 24.3 Å². The van der Waals surface area contributed by atoms with E-state index in [4.69, 9.17) is 0 Å². The van der Waals surface area contributed by atoms with Gasteiger partial charge in [-0.3, -0.25) is 0 Å². The van der Waals surface area contributed by atoms with Crippen LogP contribution in [0.5, 0.6) is 0 Å². The highest BCUT2D eigenvalue weighted by Crippen LogP contribution is 2.26. The predicted molar refractivity (Wildman–Crippen MR) is 69.5 cm³/mol. The Morgan fingerprint density at radius 3 is 3.00 bits per heavy atom. The van der Waals surface area contributed by atoms with E-state index >= 15 is 0 Å². The monoisotopic (exact) mass is 244 g/mol. The Bertz CT molecular complexity index is 538. The topological polar surface area (TPSA) is 61.0 Å². The van der Waals surface area contributed by atoms with Crippen LogP contribution in [0.2, 0.25) is 0 Å². The normalized spacial score (nSPS) is 15.7. The summed E-state index contributed by atoms with van der Waals surface area (Å²) in [6, 6.07) is 8.01. The van der Waals surface area contributed by atoms with E-state index in [9.17, 15) is 4.79 Å². The van der Waals surface area contributed by atoms with Gasteiger partial charge >= 0.3 is 6.03 Å². The maximum atomic E-state index is 11.6. The molecule has 1 aromatic carbocycles. The van der Waals surface area contributed by atoms with Gasteiger partial charge in [-0.1, -0.05) is 12.1 Å². The highest BCUT2D eigenvalue weighted by atomic mass is 16.2. The van der Waals surface area contributed by atoms with Crippen molar-refractivity contribution in [1.82, 2.24) is 20.2 Å². The van der Waals surface area contributed by atoms with Gasteiger partial charge in [0.1, 0.15) is 5.82 Å². The van der Waals surface area contributed by atoms with Crippen LogP contribution in [0.3, 0.4) is 0 Å². The summed E-state index contributed by atoms with van der Waals surface area (Å²) in [6.45, 7) is 4.08. The van der Waals surface area contributed by atoms with Gasteiger partial charge in [0.2, 0.25) is 0 Å². The van der Waals surface area contributed by atoms with Gasteiger partial charge in [-0.15, -0.1) is 0 Å². The number of nitrogens with zero attached hydrogens (tertiary/aromatic N) is 2. The molecule has 1 saturated heterocycles. The van der Waals surface area contributed by atoms with Crippen molar-refractivity contribution in [2.45, 2.75) is 12.8 Å². The van der Waals surface area contributed by atoms with E-state index in [2.05, 4.69) is 15.3 Å². The minimum Gasteiger partial charge on any atom is -0.342 e. The number of aromatic nitrogens is 2. The lowest BCUT2D eigenvalue weighted by Gasteiger charge is -2.37. The molecule has 1 aliphatic rings. The van der Waals surface area contributed by atoms with Crippen LogP contribution in [0, 0.1) is 0 Å². The van der Waals surface area contributed by atoms with Gasteiger partial charge in [-0.05, 0) is 19.1 Å². The van der Waals surface area contributed by atoms with Crippen molar-refractivity contribution in [3.05, 3.63) is 30.1 Å². The molecule has 2 heterocycles. The van der Waals surface area contributed by atoms with Gasteiger partial charge in [-0.25, -0.2) is 9.78 Å². The lowest BCUT2D eigenvalue weighted by Crippen LogP contribution is -2.52. The molecule has 5 nitrogen and oxygen atoms in total. The highest BCUT2D eigenvalue weighted by Gasteiger charge is 2.33. The molecule has 0 radical (unpaired) electrons. The number of aromatic amines is 1. The van der Waals surface area contributed by atoms with Gasteiger partial charge in [0.25, 0.3) is 0 Å². The van der Waals surface area contributed by atoms with Crippen LogP contribution >= 0.6 is 0 Å². The smallest absolute Gasteiger partial charge is 0.317 e. The Hall–Kier alpha value is -2.04. The molecule has 1 fully saturated rings. The zero-order valence-electron chi connectivity index (χ0n) is 10.3. The van der Waals surface area contributed by atoms with Gasteiger partial charge in [-0.2, -0.15) is 0 Å². The molecule has 1 aromatic heterocycles. The third-order valence-electron chi connectivity index (χ3n) is 3.29. The summed E-state index contributed by atoms with van der Waals surface area (Å²) in [4.78, 5) is 21.2. The minimum absolute atomic E-state index is 0.0184. The predicted octanol–water partition coefficient (Wildman–Crippen LogP) is 1.69. The highest BCUT2D eigenvalue weighted by molar-refractivity contribution is 5.76. The Kier molecular flexibility index (Phi) is 2.66.